The quantitative estimate of drug-likeness (QED) is 0.843. The van der Waals surface area contributed by atoms with Crippen molar-refractivity contribution in [1.82, 2.24) is 10.2 Å². The molecule has 0 radical (unpaired) electrons. The standard InChI is InChI=1S/C16H29FN2O4/c1-15(2,3)22-13(20)18-10-12-11(17)8-7-9-19(12)14(21)23-16(4,5)6/h11-12H,7-10H2,1-6H3,(H,18,20)/t11-,12-/m1/s1. The van der Waals surface area contributed by atoms with Crippen LogP contribution in [0.4, 0.5) is 14.0 Å². The third-order valence-corrected chi connectivity index (χ3v) is 3.18. The van der Waals surface area contributed by atoms with Gasteiger partial charge in [-0.25, -0.2) is 14.0 Å². The van der Waals surface area contributed by atoms with Gasteiger partial charge in [0, 0.05) is 13.1 Å². The lowest BCUT2D eigenvalue weighted by atomic mass is 10.0. The Morgan fingerprint density at radius 1 is 1.13 bits per heavy atom. The summed E-state index contributed by atoms with van der Waals surface area (Å²) >= 11 is 0. The molecule has 1 fully saturated rings. The highest BCUT2D eigenvalue weighted by Gasteiger charge is 2.37. The summed E-state index contributed by atoms with van der Waals surface area (Å²) in [5.74, 6) is 0. The van der Waals surface area contributed by atoms with E-state index in [0.717, 1.165) is 0 Å². The minimum Gasteiger partial charge on any atom is -0.444 e. The lowest BCUT2D eigenvalue weighted by molar-refractivity contribution is -0.00622. The van der Waals surface area contributed by atoms with Gasteiger partial charge < -0.3 is 19.7 Å². The van der Waals surface area contributed by atoms with E-state index in [4.69, 9.17) is 9.47 Å². The van der Waals surface area contributed by atoms with Gasteiger partial charge >= 0.3 is 12.2 Å². The van der Waals surface area contributed by atoms with Crippen LogP contribution in [-0.4, -0.2) is 53.6 Å². The zero-order valence-corrected chi connectivity index (χ0v) is 14.9. The first-order valence-corrected chi connectivity index (χ1v) is 7.99. The van der Waals surface area contributed by atoms with Gasteiger partial charge in [-0.1, -0.05) is 0 Å². The van der Waals surface area contributed by atoms with Crippen molar-refractivity contribution in [1.29, 1.82) is 0 Å². The molecule has 1 N–H and O–H groups in total. The Bertz CT molecular complexity index is 429. The third kappa shape index (κ3) is 7.05. The van der Waals surface area contributed by atoms with Gasteiger partial charge in [-0.2, -0.15) is 0 Å². The normalized spacial score (nSPS) is 22.5. The predicted octanol–water partition coefficient (Wildman–Crippen LogP) is 3.25. The molecule has 1 aliphatic rings. The molecule has 1 saturated heterocycles. The molecule has 1 heterocycles. The van der Waals surface area contributed by atoms with Crippen LogP contribution in [0.5, 0.6) is 0 Å². The lowest BCUT2D eigenvalue weighted by Gasteiger charge is -2.38. The van der Waals surface area contributed by atoms with Crippen molar-refractivity contribution in [3.8, 4) is 0 Å². The molecule has 2 amide bonds. The number of alkyl halides is 1. The number of nitrogens with one attached hydrogen (secondary N) is 1. The van der Waals surface area contributed by atoms with Crippen LogP contribution >= 0.6 is 0 Å². The Balaban J connectivity index is 2.67. The number of hydrogen-bond donors (Lipinski definition) is 1. The van der Waals surface area contributed by atoms with E-state index >= 15 is 0 Å². The number of amides is 2. The fourth-order valence-corrected chi connectivity index (χ4v) is 2.30. The third-order valence-electron chi connectivity index (χ3n) is 3.18. The van der Waals surface area contributed by atoms with Gasteiger partial charge in [0.05, 0.1) is 6.04 Å². The summed E-state index contributed by atoms with van der Waals surface area (Å²) in [6, 6.07) is -0.744. The Kier molecular flexibility index (Phi) is 6.25. The van der Waals surface area contributed by atoms with Gasteiger partial charge in [-0.05, 0) is 54.4 Å². The molecule has 0 unspecified atom stereocenters. The highest BCUT2D eigenvalue weighted by molar-refractivity contribution is 5.70. The molecule has 0 spiro atoms. The van der Waals surface area contributed by atoms with E-state index in [9.17, 15) is 14.0 Å². The first kappa shape index (κ1) is 19.5. The van der Waals surface area contributed by atoms with Crippen LogP contribution in [0.1, 0.15) is 54.4 Å². The molecular formula is C16H29FN2O4. The maximum Gasteiger partial charge on any atom is 0.410 e. The van der Waals surface area contributed by atoms with Crippen molar-refractivity contribution < 1.29 is 23.5 Å². The highest BCUT2D eigenvalue weighted by Crippen LogP contribution is 2.23. The van der Waals surface area contributed by atoms with E-state index in [1.54, 1.807) is 41.5 Å². The van der Waals surface area contributed by atoms with Crippen LogP contribution in [0.25, 0.3) is 0 Å². The summed E-state index contributed by atoms with van der Waals surface area (Å²) in [5, 5.41) is 2.54. The summed E-state index contributed by atoms with van der Waals surface area (Å²) in [5.41, 5.74) is -1.28. The number of ether oxygens (including phenoxy) is 2. The summed E-state index contributed by atoms with van der Waals surface area (Å²) in [6.07, 6.45) is -1.45. The Labute approximate surface area is 137 Å². The van der Waals surface area contributed by atoms with Crippen LogP contribution in [-0.2, 0) is 9.47 Å². The average molecular weight is 332 g/mol. The molecule has 6 nitrogen and oxygen atoms in total. The number of alkyl carbamates (subject to hydrolysis) is 1. The summed E-state index contributed by atoms with van der Waals surface area (Å²) in [4.78, 5) is 25.3. The maximum atomic E-state index is 14.2. The minimum atomic E-state index is -1.20. The van der Waals surface area contributed by atoms with Crippen LogP contribution < -0.4 is 5.32 Å². The highest BCUT2D eigenvalue weighted by atomic mass is 19.1. The molecule has 0 aromatic heterocycles. The predicted molar refractivity (Wildman–Crippen MR) is 85.1 cm³/mol. The lowest BCUT2D eigenvalue weighted by Crippen LogP contribution is -2.55. The van der Waals surface area contributed by atoms with Crippen molar-refractivity contribution in [2.24, 2.45) is 0 Å². The van der Waals surface area contributed by atoms with Crippen LogP contribution in [0.15, 0.2) is 0 Å². The molecule has 2 atom stereocenters. The summed E-state index contributed by atoms with van der Waals surface area (Å²) in [7, 11) is 0. The SMILES string of the molecule is CC(C)(C)OC(=O)NC[C@@H]1[C@H](F)CCCN1C(=O)OC(C)(C)C. The first-order chi connectivity index (χ1) is 10.4. The zero-order chi connectivity index (χ0) is 17.8. The Hall–Kier alpha value is -1.53. The minimum absolute atomic E-state index is 0.00464. The van der Waals surface area contributed by atoms with Gasteiger partial charge in [-0.3, -0.25) is 0 Å². The second kappa shape index (κ2) is 7.36. The largest absolute Gasteiger partial charge is 0.444 e. The average Bonchev–Trinajstić information content (AvgIpc) is 2.32. The number of nitrogens with zero attached hydrogens (tertiary/aromatic N) is 1. The van der Waals surface area contributed by atoms with Gasteiger partial charge in [0.15, 0.2) is 0 Å². The van der Waals surface area contributed by atoms with E-state index in [1.807, 2.05) is 0 Å². The van der Waals surface area contributed by atoms with E-state index in [1.165, 1.54) is 4.90 Å². The molecule has 7 heteroatoms. The fourth-order valence-electron chi connectivity index (χ4n) is 2.30. The van der Waals surface area contributed by atoms with Crippen molar-refractivity contribution in [3.05, 3.63) is 0 Å². The number of carbonyl (C=O) groups is 2. The van der Waals surface area contributed by atoms with E-state index < -0.39 is 35.6 Å². The molecular weight excluding hydrogens is 303 g/mol. The van der Waals surface area contributed by atoms with Gasteiger partial charge in [0.2, 0.25) is 0 Å². The molecule has 0 saturated carbocycles. The Morgan fingerprint density at radius 2 is 1.70 bits per heavy atom. The van der Waals surface area contributed by atoms with Crippen LogP contribution in [0.2, 0.25) is 0 Å². The Morgan fingerprint density at radius 3 is 2.22 bits per heavy atom. The maximum absolute atomic E-state index is 14.2. The smallest absolute Gasteiger partial charge is 0.410 e. The number of carbonyl (C=O) groups excluding carboxylic acids is 2. The number of piperidine rings is 1. The molecule has 1 rings (SSSR count). The molecule has 0 aromatic carbocycles. The van der Waals surface area contributed by atoms with E-state index in [0.29, 0.717) is 19.4 Å². The van der Waals surface area contributed by atoms with Gasteiger partial charge in [-0.15, -0.1) is 0 Å². The van der Waals surface area contributed by atoms with Gasteiger partial charge in [0.1, 0.15) is 17.4 Å². The van der Waals surface area contributed by atoms with Gasteiger partial charge in [0.25, 0.3) is 0 Å². The van der Waals surface area contributed by atoms with Crippen molar-refractivity contribution in [2.45, 2.75) is 77.8 Å². The topological polar surface area (TPSA) is 67.9 Å². The summed E-state index contributed by atoms with van der Waals surface area (Å²) < 4.78 is 24.7. The molecule has 1 aliphatic heterocycles. The number of likely N-dealkylation sites (tertiary alicyclic amines) is 1. The van der Waals surface area contributed by atoms with Crippen molar-refractivity contribution >= 4 is 12.2 Å². The molecule has 23 heavy (non-hydrogen) atoms. The summed E-state index contributed by atoms with van der Waals surface area (Å²) in [6.45, 7) is 10.9. The molecule has 0 aromatic rings. The fraction of sp³-hybridized carbons (Fsp3) is 0.875. The van der Waals surface area contributed by atoms with E-state index in [2.05, 4.69) is 5.32 Å². The number of rotatable bonds is 2. The molecule has 0 bridgehead atoms. The second-order valence-electron chi connectivity index (χ2n) is 7.78. The van der Waals surface area contributed by atoms with Crippen molar-refractivity contribution in [3.63, 3.8) is 0 Å². The number of hydrogen-bond acceptors (Lipinski definition) is 4. The van der Waals surface area contributed by atoms with Crippen LogP contribution in [0.3, 0.4) is 0 Å². The monoisotopic (exact) mass is 332 g/mol. The van der Waals surface area contributed by atoms with Crippen LogP contribution in [0, 0.1) is 0 Å². The number of halogens is 1. The zero-order valence-electron chi connectivity index (χ0n) is 14.9. The first-order valence-electron chi connectivity index (χ1n) is 7.99. The van der Waals surface area contributed by atoms with E-state index in [-0.39, 0.29) is 6.54 Å². The second-order valence-corrected chi connectivity index (χ2v) is 7.78. The van der Waals surface area contributed by atoms with Crippen molar-refractivity contribution in [2.75, 3.05) is 13.1 Å². The molecule has 0 aliphatic carbocycles. The molecule has 134 valence electrons.